The lowest BCUT2D eigenvalue weighted by atomic mass is 10.1. The molecular formula is C17H28N4O2. The summed E-state index contributed by atoms with van der Waals surface area (Å²) in [6.07, 6.45) is 8.27. The molecule has 1 atom stereocenters. The van der Waals surface area contributed by atoms with Gasteiger partial charge in [0.1, 0.15) is 5.60 Å². The van der Waals surface area contributed by atoms with Gasteiger partial charge in [-0.15, -0.1) is 0 Å². The fourth-order valence-electron chi connectivity index (χ4n) is 2.64. The van der Waals surface area contributed by atoms with Crippen molar-refractivity contribution in [3.05, 3.63) is 24.5 Å². The van der Waals surface area contributed by atoms with Gasteiger partial charge in [0.15, 0.2) is 0 Å². The number of carbonyl (C=O) groups excluding carboxylic acids is 1. The summed E-state index contributed by atoms with van der Waals surface area (Å²) in [5.74, 6) is 0. The van der Waals surface area contributed by atoms with E-state index in [1.165, 1.54) is 0 Å². The molecule has 6 heteroatoms. The summed E-state index contributed by atoms with van der Waals surface area (Å²) in [6.45, 7) is 11.7. The van der Waals surface area contributed by atoms with Gasteiger partial charge in [0.2, 0.25) is 0 Å². The van der Waals surface area contributed by atoms with Gasteiger partial charge >= 0.3 is 6.09 Å². The second kappa shape index (κ2) is 7.64. The maximum atomic E-state index is 12.2. The molecule has 1 fully saturated rings. The predicted octanol–water partition coefficient (Wildman–Crippen LogP) is 2.86. The molecule has 0 radical (unpaired) electrons. The summed E-state index contributed by atoms with van der Waals surface area (Å²) >= 11 is 0. The first-order valence-corrected chi connectivity index (χ1v) is 8.24. The van der Waals surface area contributed by atoms with Crippen molar-refractivity contribution in [3.63, 3.8) is 0 Å². The number of nitrogens with one attached hydrogen (secondary N) is 1. The van der Waals surface area contributed by atoms with Crippen LogP contribution >= 0.6 is 0 Å². The van der Waals surface area contributed by atoms with E-state index in [-0.39, 0.29) is 6.09 Å². The Morgan fingerprint density at radius 2 is 2.26 bits per heavy atom. The summed E-state index contributed by atoms with van der Waals surface area (Å²) in [6, 6.07) is 0.412. The topological polar surface area (TPSA) is 59.4 Å². The summed E-state index contributed by atoms with van der Waals surface area (Å²) in [7, 11) is 0. The van der Waals surface area contributed by atoms with Crippen LogP contribution in [-0.2, 0) is 11.3 Å². The number of hydrogen-bond donors (Lipinski definition) is 1. The van der Waals surface area contributed by atoms with Crippen molar-refractivity contribution < 1.29 is 9.53 Å². The third-order valence-corrected chi connectivity index (χ3v) is 3.82. The summed E-state index contributed by atoms with van der Waals surface area (Å²) in [5.41, 5.74) is 0.699. The van der Waals surface area contributed by atoms with Crippen LogP contribution < -0.4 is 5.32 Å². The average Bonchev–Trinajstić information content (AvgIpc) is 2.80. The minimum Gasteiger partial charge on any atom is -0.444 e. The van der Waals surface area contributed by atoms with Gasteiger partial charge < -0.3 is 15.0 Å². The first-order chi connectivity index (χ1) is 10.9. The number of likely N-dealkylation sites (tertiary alicyclic amines) is 1. The Kier molecular flexibility index (Phi) is 5.82. The van der Waals surface area contributed by atoms with E-state index in [9.17, 15) is 4.79 Å². The van der Waals surface area contributed by atoms with Gasteiger partial charge in [-0.2, -0.15) is 5.10 Å². The van der Waals surface area contributed by atoms with Crippen molar-refractivity contribution in [2.45, 2.75) is 58.2 Å². The lowest BCUT2D eigenvalue weighted by Crippen LogP contribution is -2.38. The minimum atomic E-state index is -0.438. The molecule has 0 spiro atoms. The first-order valence-electron chi connectivity index (χ1n) is 8.24. The molecule has 1 aliphatic heterocycles. The minimum absolute atomic E-state index is 0.203. The molecule has 0 saturated carbocycles. The van der Waals surface area contributed by atoms with Gasteiger partial charge in [-0.25, -0.2) is 9.48 Å². The first kappa shape index (κ1) is 17.5. The van der Waals surface area contributed by atoms with E-state index in [0.717, 1.165) is 44.5 Å². The van der Waals surface area contributed by atoms with Crippen LogP contribution in [0.5, 0.6) is 0 Å². The molecule has 23 heavy (non-hydrogen) atoms. The molecule has 6 nitrogen and oxygen atoms in total. The highest BCUT2D eigenvalue weighted by atomic mass is 16.6. The van der Waals surface area contributed by atoms with Crippen molar-refractivity contribution in [1.82, 2.24) is 20.0 Å². The summed E-state index contributed by atoms with van der Waals surface area (Å²) in [4.78, 5) is 14.0. The smallest absolute Gasteiger partial charge is 0.410 e. The summed E-state index contributed by atoms with van der Waals surface area (Å²) < 4.78 is 7.16. The van der Waals surface area contributed by atoms with Crippen LogP contribution in [0.3, 0.4) is 0 Å². The van der Waals surface area contributed by atoms with Crippen molar-refractivity contribution in [2.24, 2.45) is 0 Å². The Bertz CT molecular complexity index is 533. The number of amides is 1. The summed E-state index contributed by atoms with van der Waals surface area (Å²) in [5, 5.41) is 7.73. The second-order valence-electron chi connectivity index (χ2n) is 6.99. The van der Waals surface area contributed by atoms with Gasteiger partial charge in [0, 0.05) is 43.6 Å². The fourth-order valence-corrected chi connectivity index (χ4v) is 2.64. The third kappa shape index (κ3) is 5.71. The average molecular weight is 320 g/mol. The van der Waals surface area contributed by atoms with Gasteiger partial charge in [0.05, 0.1) is 6.20 Å². The molecule has 1 saturated heterocycles. The molecule has 0 bridgehead atoms. The predicted molar refractivity (Wildman–Crippen MR) is 90.9 cm³/mol. The van der Waals surface area contributed by atoms with Gasteiger partial charge in [-0.1, -0.05) is 6.58 Å². The molecule has 128 valence electrons. The molecule has 0 aromatic carbocycles. The second-order valence-corrected chi connectivity index (χ2v) is 6.99. The van der Waals surface area contributed by atoms with Crippen LogP contribution in [0.1, 0.15) is 45.6 Å². The monoisotopic (exact) mass is 320 g/mol. The molecule has 1 N–H and O–H groups in total. The van der Waals surface area contributed by atoms with E-state index in [4.69, 9.17) is 4.74 Å². The van der Waals surface area contributed by atoms with Crippen LogP contribution in [0.15, 0.2) is 19.0 Å². The number of aromatic nitrogens is 2. The van der Waals surface area contributed by atoms with E-state index >= 15 is 0 Å². The molecule has 1 aromatic heterocycles. The van der Waals surface area contributed by atoms with E-state index in [1.807, 2.05) is 38.1 Å². The number of rotatable bonds is 4. The molecule has 1 amide bonds. The number of carbonyl (C=O) groups is 1. The molecule has 1 aromatic rings. The van der Waals surface area contributed by atoms with Crippen LogP contribution in [0.25, 0.3) is 6.20 Å². The number of hydrogen-bond acceptors (Lipinski definition) is 4. The van der Waals surface area contributed by atoms with Gasteiger partial charge in [-0.05, 0) is 40.0 Å². The van der Waals surface area contributed by atoms with E-state index < -0.39 is 5.60 Å². The van der Waals surface area contributed by atoms with Gasteiger partial charge in [-0.3, -0.25) is 0 Å². The van der Waals surface area contributed by atoms with Crippen molar-refractivity contribution in [3.8, 4) is 0 Å². The fraction of sp³-hybridized carbons (Fsp3) is 0.647. The highest BCUT2D eigenvalue weighted by Gasteiger charge is 2.25. The lowest BCUT2D eigenvalue weighted by molar-refractivity contribution is 0.0256. The van der Waals surface area contributed by atoms with Crippen molar-refractivity contribution in [2.75, 3.05) is 13.1 Å². The highest BCUT2D eigenvalue weighted by Crippen LogP contribution is 2.16. The van der Waals surface area contributed by atoms with Crippen molar-refractivity contribution >= 4 is 12.3 Å². The Balaban J connectivity index is 1.79. The highest BCUT2D eigenvalue weighted by molar-refractivity contribution is 5.68. The maximum Gasteiger partial charge on any atom is 0.410 e. The lowest BCUT2D eigenvalue weighted by Gasteiger charge is -2.26. The van der Waals surface area contributed by atoms with E-state index in [1.54, 1.807) is 10.9 Å². The normalized spacial score (nSPS) is 19.3. The van der Waals surface area contributed by atoms with Crippen LogP contribution in [0.2, 0.25) is 0 Å². The largest absolute Gasteiger partial charge is 0.444 e. The molecular weight excluding hydrogens is 292 g/mol. The molecule has 2 rings (SSSR count). The quantitative estimate of drug-likeness (QED) is 0.927. The van der Waals surface area contributed by atoms with Crippen LogP contribution in [0.4, 0.5) is 4.79 Å². The Hall–Kier alpha value is -1.82. The van der Waals surface area contributed by atoms with Crippen LogP contribution in [-0.4, -0.2) is 45.5 Å². The molecule has 0 aliphatic carbocycles. The maximum absolute atomic E-state index is 12.2. The molecule has 1 aliphatic rings. The zero-order valence-corrected chi connectivity index (χ0v) is 14.4. The zero-order valence-electron chi connectivity index (χ0n) is 14.4. The Morgan fingerprint density at radius 3 is 2.91 bits per heavy atom. The standard InChI is InChI=1S/C17H28N4O2/c1-5-21-13-14(12-19-21)11-18-15-7-6-9-20(10-8-15)16(22)23-17(2,3)4/h5,12-13,15,18H,1,6-11H2,2-4H3. The zero-order chi connectivity index (χ0) is 16.9. The van der Waals surface area contributed by atoms with Crippen molar-refractivity contribution in [1.29, 1.82) is 0 Å². The Labute approximate surface area is 138 Å². The third-order valence-electron chi connectivity index (χ3n) is 3.82. The van der Waals surface area contributed by atoms with Gasteiger partial charge in [0.25, 0.3) is 0 Å². The van der Waals surface area contributed by atoms with E-state index in [0.29, 0.717) is 6.04 Å². The number of nitrogens with zero attached hydrogens (tertiary/aromatic N) is 3. The van der Waals surface area contributed by atoms with Crippen LogP contribution in [0, 0.1) is 0 Å². The number of ether oxygens (including phenoxy) is 1. The van der Waals surface area contributed by atoms with E-state index in [2.05, 4.69) is 17.0 Å². The Morgan fingerprint density at radius 1 is 1.48 bits per heavy atom. The SMILES string of the molecule is C=Cn1cc(CNC2CCCN(C(=O)OC(C)(C)C)CC2)cn1. The molecule has 2 heterocycles. The molecule has 1 unspecified atom stereocenters.